The Kier molecular flexibility index (Phi) is 32.5. The van der Waals surface area contributed by atoms with E-state index in [4.69, 9.17) is 4.74 Å². The summed E-state index contributed by atoms with van der Waals surface area (Å²) >= 11 is 8.36. The van der Waals surface area contributed by atoms with Gasteiger partial charge in [0.05, 0.1) is 7.11 Å². The molecule has 0 aromatic carbocycles. The van der Waals surface area contributed by atoms with Crippen LogP contribution in [-0.4, -0.2) is 64.9 Å². The van der Waals surface area contributed by atoms with Gasteiger partial charge >= 0.3 is 5.97 Å². The molecule has 0 bridgehead atoms. The van der Waals surface area contributed by atoms with Crippen molar-refractivity contribution in [3.63, 3.8) is 0 Å². The van der Waals surface area contributed by atoms with Crippen molar-refractivity contribution in [1.29, 1.82) is 0 Å². The molecule has 0 saturated carbocycles. The average molecular weight is 609 g/mol. The van der Waals surface area contributed by atoms with Crippen molar-refractivity contribution in [1.82, 2.24) is 0 Å². The van der Waals surface area contributed by atoms with Gasteiger partial charge in [-0.1, -0.05) is 78.1 Å². The van der Waals surface area contributed by atoms with Crippen LogP contribution in [0.4, 0.5) is 0 Å². The Hall–Kier alpha value is 0.540. The zero-order valence-electron chi connectivity index (χ0n) is 25.1. The van der Waals surface area contributed by atoms with Gasteiger partial charge in [-0.2, -0.15) is 47.0 Å². The molecule has 0 aliphatic heterocycles. The third-order valence-electron chi connectivity index (χ3n) is 6.65. The highest BCUT2D eigenvalue weighted by Gasteiger charge is 2.26. The van der Waals surface area contributed by atoms with Crippen LogP contribution in [-0.2, 0) is 14.3 Å². The molecular weight excluding hydrogens is 549 g/mol. The monoisotopic (exact) mass is 608 g/mol. The van der Waals surface area contributed by atoms with E-state index in [2.05, 4.69) is 60.9 Å². The number of unbranched alkanes of at least 4 members (excludes halogenated alkanes) is 11. The lowest BCUT2D eigenvalue weighted by atomic mass is 9.93. The molecule has 0 aromatic heterocycles. The molecule has 3 nitrogen and oxygen atoms in total. The molecule has 0 amide bonds. The van der Waals surface area contributed by atoms with E-state index < -0.39 is 5.92 Å². The van der Waals surface area contributed by atoms with Crippen LogP contribution in [0.2, 0.25) is 0 Å². The topological polar surface area (TPSA) is 43.4 Å². The van der Waals surface area contributed by atoms with Gasteiger partial charge in [0.15, 0.2) is 0 Å². The Labute approximate surface area is 254 Å². The number of hydrogen-bond acceptors (Lipinski definition) is 7. The number of carbonyl (C=O) groups is 2. The molecule has 0 spiro atoms. The second kappa shape index (κ2) is 32.1. The van der Waals surface area contributed by atoms with E-state index in [-0.39, 0.29) is 11.8 Å². The minimum Gasteiger partial charge on any atom is -0.468 e. The summed E-state index contributed by atoms with van der Waals surface area (Å²) in [6, 6.07) is 0. The highest BCUT2D eigenvalue weighted by Crippen LogP contribution is 2.19. The van der Waals surface area contributed by atoms with Crippen molar-refractivity contribution in [3.8, 4) is 0 Å². The fourth-order valence-corrected chi connectivity index (χ4v) is 8.66. The molecular formula is C31H60O3S4. The molecule has 226 valence electrons. The number of carbonyl (C=O) groups excluding carboxylic acids is 2. The van der Waals surface area contributed by atoms with E-state index in [9.17, 15) is 9.59 Å². The van der Waals surface area contributed by atoms with Crippen LogP contribution in [0.25, 0.3) is 0 Å². The maximum absolute atomic E-state index is 12.7. The number of methoxy groups -OCH3 is 1. The summed E-state index contributed by atoms with van der Waals surface area (Å²) in [7, 11) is 1.41. The lowest BCUT2D eigenvalue weighted by Crippen LogP contribution is -2.25. The Morgan fingerprint density at radius 3 is 1.37 bits per heavy atom. The first kappa shape index (κ1) is 38.5. The molecule has 0 aromatic rings. The summed E-state index contributed by atoms with van der Waals surface area (Å²) in [4.78, 5) is 24.9. The second-order valence-corrected chi connectivity index (χ2v) is 15.0. The van der Waals surface area contributed by atoms with Gasteiger partial charge in [0, 0.05) is 29.4 Å². The van der Waals surface area contributed by atoms with Gasteiger partial charge < -0.3 is 4.74 Å². The first-order valence-corrected chi connectivity index (χ1v) is 20.2. The molecule has 38 heavy (non-hydrogen) atoms. The molecule has 0 rings (SSSR count). The molecule has 0 aliphatic carbocycles. The molecule has 0 aliphatic rings. The van der Waals surface area contributed by atoms with Crippen molar-refractivity contribution in [2.24, 2.45) is 5.92 Å². The number of ether oxygens (including phenoxy) is 1. The molecule has 1 atom stereocenters. The van der Waals surface area contributed by atoms with E-state index in [0.29, 0.717) is 12.8 Å². The van der Waals surface area contributed by atoms with E-state index in [1.165, 1.54) is 124 Å². The average Bonchev–Trinajstić information content (AvgIpc) is 2.93. The van der Waals surface area contributed by atoms with Crippen LogP contribution in [0.5, 0.6) is 0 Å². The van der Waals surface area contributed by atoms with Crippen LogP contribution in [0.3, 0.4) is 0 Å². The zero-order valence-corrected chi connectivity index (χ0v) is 28.4. The van der Waals surface area contributed by atoms with Gasteiger partial charge in [0.2, 0.25) is 0 Å². The third kappa shape index (κ3) is 26.7. The normalized spacial score (nSPS) is 12.1. The van der Waals surface area contributed by atoms with Gasteiger partial charge in [-0.3, -0.25) is 9.59 Å². The van der Waals surface area contributed by atoms with E-state index >= 15 is 0 Å². The molecule has 0 N–H and O–H groups in total. The summed E-state index contributed by atoms with van der Waals surface area (Å²) < 4.78 is 4.95. The van der Waals surface area contributed by atoms with Crippen molar-refractivity contribution >= 4 is 58.8 Å². The maximum Gasteiger partial charge on any atom is 0.316 e. The Morgan fingerprint density at radius 2 is 0.921 bits per heavy atom. The van der Waals surface area contributed by atoms with Crippen LogP contribution < -0.4 is 0 Å². The van der Waals surface area contributed by atoms with E-state index in [1.807, 2.05) is 0 Å². The van der Waals surface area contributed by atoms with Crippen LogP contribution in [0.15, 0.2) is 0 Å². The van der Waals surface area contributed by atoms with Gasteiger partial charge in [0.1, 0.15) is 11.7 Å². The fourth-order valence-electron chi connectivity index (χ4n) is 4.16. The lowest BCUT2D eigenvalue weighted by molar-refractivity contribution is -0.149. The summed E-state index contributed by atoms with van der Waals surface area (Å²) in [5.74, 6) is 9.53. The Bertz CT molecular complexity index is 519. The highest BCUT2D eigenvalue weighted by molar-refractivity contribution is 8.03. The number of rotatable bonds is 31. The quantitative estimate of drug-likeness (QED) is 0.0441. The second-order valence-electron chi connectivity index (χ2n) is 10.1. The lowest BCUT2D eigenvalue weighted by Gasteiger charge is -2.13. The SMILES string of the molecule is CCCCSCCSCCCCCCCCC(=O)C(CCCCCCCSCCSCCCC)C(=O)OC. The Morgan fingerprint density at radius 1 is 0.526 bits per heavy atom. The smallest absolute Gasteiger partial charge is 0.316 e. The number of esters is 1. The van der Waals surface area contributed by atoms with Gasteiger partial charge in [-0.15, -0.1) is 0 Å². The summed E-state index contributed by atoms with van der Waals surface area (Å²) in [5.41, 5.74) is 0. The summed E-state index contributed by atoms with van der Waals surface area (Å²) in [6.07, 6.45) is 19.3. The Balaban J connectivity index is 3.67. The summed E-state index contributed by atoms with van der Waals surface area (Å²) in [6.45, 7) is 4.51. The predicted octanol–water partition coefficient (Wildman–Crippen LogP) is 9.95. The van der Waals surface area contributed by atoms with Crippen LogP contribution in [0, 0.1) is 5.92 Å². The number of Topliss-reactive ketones (excluding diaryl/α,β-unsaturated/α-hetero) is 1. The highest BCUT2D eigenvalue weighted by atomic mass is 32.2. The molecule has 0 radical (unpaired) electrons. The zero-order chi connectivity index (χ0) is 27.9. The van der Waals surface area contributed by atoms with Crippen molar-refractivity contribution in [2.45, 2.75) is 123 Å². The van der Waals surface area contributed by atoms with Crippen molar-refractivity contribution in [2.75, 3.05) is 53.1 Å². The third-order valence-corrected chi connectivity index (χ3v) is 11.4. The van der Waals surface area contributed by atoms with Crippen molar-refractivity contribution in [3.05, 3.63) is 0 Å². The van der Waals surface area contributed by atoms with Crippen LogP contribution >= 0.6 is 47.0 Å². The molecule has 1 unspecified atom stereocenters. The molecule has 0 heterocycles. The first-order chi connectivity index (χ1) is 18.7. The number of thioether (sulfide) groups is 4. The minimum absolute atomic E-state index is 0.0956. The molecule has 7 heteroatoms. The largest absolute Gasteiger partial charge is 0.468 e. The minimum atomic E-state index is -0.544. The molecule has 0 fully saturated rings. The van der Waals surface area contributed by atoms with E-state index in [1.54, 1.807) is 0 Å². The first-order valence-electron chi connectivity index (χ1n) is 15.6. The summed E-state index contributed by atoms with van der Waals surface area (Å²) in [5, 5.41) is 0. The van der Waals surface area contributed by atoms with Crippen LogP contribution in [0.1, 0.15) is 123 Å². The van der Waals surface area contributed by atoms with Crippen molar-refractivity contribution < 1.29 is 14.3 Å². The van der Waals surface area contributed by atoms with Gasteiger partial charge in [0.25, 0.3) is 0 Å². The van der Waals surface area contributed by atoms with Gasteiger partial charge in [-0.25, -0.2) is 0 Å². The molecule has 0 saturated heterocycles. The van der Waals surface area contributed by atoms with E-state index in [0.717, 1.165) is 25.7 Å². The maximum atomic E-state index is 12.7. The predicted molar refractivity (Wildman–Crippen MR) is 180 cm³/mol. The standard InChI is InChI=1S/C31H60O3S4/c1-4-6-21-35-25-27-37-23-17-13-9-8-12-16-20-30(32)29(31(33)34-3)19-15-11-10-14-18-24-38-28-26-36-22-7-5-2/h29H,4-28H2,1-3H3. The fraction of sp³-hybridized carbons (Fsp3) is 0.935. The number of ketones is 1. The number of hydrogen-bond donors (Lipinski definition) is 0. The van der Waals surface area contributed by atoms with Gasteiger partial charge in [-0.05, 0) is 61.5 Å².